The van der Waals surface area contributed by atoms with Crippen LogP contribution in [0.4, 0.5) is 10.5 Å². The maximum Gasteiger partial charge on any atom is 0.312 e. The number of rotatable bonds is 7. The van der Waals surface area contributed by atoms with Gasteiger partial charge >= 0.3 is 6.03 Å². The molecule has 0 aliphatic heterocycles. The largest absolute Gasteiger partial charge is 0.352 e. The highest BCUT2D eigenvalue weighted by Crippen LogP contribution is 2.21. The number of primary amides is 1. The van der Waals surface area contributed by atoms with Crippen molar-refractivity contribution in [3.05, 3.63) is 65.2 Å². The van der Waals surface area contributed by atoms with Crippen LogP contribution in [0.2, 0.25) is 0 Å². The van der Waals surface area contributed by atoms with Gasteiger partial charge in [0, 0.05) is 6.54 Å². The van der Waals surface area contributed by atoms with Gasteiger partial charge in [-0.05, 0) is 44.0 Å². The summed E-state index contributed by atoms with van der Waals surface area (Å²) in [6, 6.07) is 14.4. The van der Waals surface area contributed by atoms with Crippen molar-refractivity contribution < 1.29 is 9.59 Å². The maximum atomic E-state index is 12.6. The summed E-state index contributed by atoms with van der Waals surface area (Å²) in [6.45, 7) is 6.53. The molecule has 2 rings (SSSR count). The summed E-state index contributed by atoms with van der Waals surface area (Å²) in [5.41, 5.74) is 12.1. The minimum atomic E-state index is -0.656. The Morgan fingerprint density at radius 3 is 2.31 bits per heavy atom. The summed E-state index contributed by atoms with van der Waals surface area (Å²) in [7, 11) is 0. The number of hydrazine groups is 1. The minimum Gasteiger partial charge on any atom is -0.352 e. The number of carbonyl (C=O) groups excluding carboxylic acids is 2. The molecule has 0 saturated carbocycles. The molecule has 0 heterocycles. The van der Waals surface area contributed by atoms with Crippen molar-refractivity contribution in [1.82, 2.24) is 10.7 Å². The number of nitrogens with one attached hydrogen (secondary N) is 2. The molecule has 4 N–H and O–H groups in total. The van der Waals surface area contributed by atoms with Crippen LogP contribution < -0.4 is 21.5 Å². The molecule has 0 saturated heterocycles. The quantitative estimate of drug-likeness (QED) is 0.668. The number of nitrogens with zero attached hydrogens (tertiary/aromatic N) is 1. The van der Waals surface area contributed by atoms with Gasteiger partial charge in [0.1, 0.15) is 0 Å². The number of urea groups is 1. The van der Waals surface area contributed by atoms with Gasteiger partial charge < -0.3 is 11.1 Å². The van der Waals surface area contributed by atoms with Gasteiger partial charge in [0.25, 0.3) is 0 Å². The molecular weight excluding hydrogens is 328 g/mol. The van der Waals surface area contributed by atoms with Crippen LogP contribution in [0.1, 0.15) is 36.1 Å². The van der Waals surface area contributed by atoms with Gasteiger partial charge in [-0.1, -0.05) is 42.0 Å². The lowest BCUT2D eigenvalue weighted by Crippen LogP contribution is -2.44. The van der Waals surface area contributed by atoms with E-state index in [1.165, 1.54) is 0 Å². The van der Waals surface area contributed by atoms with Gasteiger partial charge in [-0.3, -0.25) is 15.2 Å². The first kappa shape index (κ1) is 19.3. The summed E-state index contributed by atoms with van der Waals surface area (Å²) in [6.07, 6.45) is 0.0934. The highest BCUT2D eigenvalue weighted by Gasteiger charge is 2.20. The molecule has 0 aliphatic rings. The number of hydrogen-bond donors (Lipinski definition) is 3. The van der Waals surface area contributed by atoms with Crippen LogP contribution in [-0.2, 0) is 4.79 Å². The fraction of sp³-hybridized carbons (Fsp3) is 0.300. The second-order valence-corrected chi connectivity index (χ2v) is 6.24. The Hall–Kier alpha value is -3.02. The van der Waals surface area contributed by atoms with Crippen molar-refractivity contribution in [3.8, 4) is 0 Å². The fourth-order valence-corrected chi connectivity index (χ4v) is 2.82. The van der Waals surface area contributed by atoms with Crippen molar-refractivity contribution in [2.45, 2.75) is 33.2 Å². The third-order valence-corrected chi connectivity index (χ3v) is 4.19. The predicted octanol–water partition coefficient (Wildman–Crippen LogP) is 2.96. The molecule has 0 bridgehead atoms. The molecule has 0 unspecified atom stereocenters. The molecular formula is C20H26N4O2. The summed E-state index contributed by atoms with van der Waals surface area (Å²) >= 11 is 0. The molecule has 2 aromatic rings. The van der Waals surface area contributed by atoms with Crippen molar-refractivity contribution in [2.24, 2.45) is 5.73 Å². The van der Waals surface area contributed by atoms with E-state index in [1.54, 1.807) is 5.01 Å². The van der Waals surface area contributed by atoms with E-state index in [1.807, 2.05) is 69.3 Å². The molecule has 0 spiro atoms. The number of carbonyl (C=O) groups is 2. The van der Waals surface area contributed by atoms with E-state index >= 15 is 0 Å². The van der Waals surface area contributed by atoms with Crippen LogP contribution in [-0.4, -0.2) is 18.5 Å². The van der Waals surface area contributed by atoms with E-state index in [0.29, 0.717) is 6.54 Å². The molecule has 26 heavy (non-hydrogen) atoms. The molecule has 6 heteroatoms. The lowest BCUT2D eigenvalue weighted by atomic mass is 9.98. The van der Waals surface area contributed by atoms with Crippen molar-refractivity contribution in [3.63, 3.8) is 0 Å². The summed E-state index contributed by atoms with van der Waals surface area (Å²) in [5.74, 6) is -0.200. The van der Waals surface area contributed by atoms with Crippen LogP contribution in [0, 0.1) is 13.8 Å². The van der Waals surface area contributed by atoms with Crippen LogP contribution >= 0.6 is 0 Å². The van der Waals surface area contributed by atoms with E-state index in [-0.39, 0.29) is 12.3 Å². The number of nitrogens with two attached hydrogens (primary N) is 1. The molecule has 3 amide bonds. The lowest BCUT2D eigenvalue weighted by Gasteiger charge is -2.26. The number of amides is 3. The fourth-order valence-electron chi connectivity index (χ4n) is 2.82. The summed E-state index contributed by atoms with van der Waals surface area (Å²) in [4.78, 5) is 24.0. The Morgan fingerprint density at radius 2 is 1.73 bits per heavy atom. The normalized spacial score (nSPS) is 11.5. The van der Waals surface area contributed by atoms with Crippen LogP contribution in [0.5, 0.6) is 0 Å². The standard InChI is InChI=1S/C20H26N4O2/c1-4-24(16-11-9-14(2)10-12-16)23-19(25)13-18(22-20(21)26)17-8-6-5-7-15(17)3/h5-12,18H,4,13H2,1-3H3,(H,23,25)(H3,21,22,26)/t18-/m1/s1. The molecule has 0 aliphatic carbocycles. The molecule has 0 fully saturated rings. The molecule has 0 radical (unpaired) electrons. The first-order valence-electron chi connectivity index (χ1n) is 8.66. The van der Waals surface area contributed by atoms with Gasteiger partial charge in [0.2, 0.25) is 5.91 Å². The smallest absolute Gasteiger partial charge is 0.312 e. The third kappa shape index (κ3) is 5.24. The van der Waals surface area contributed by atoms with Crippen LogP contribution in [0.15, 0.2) is 48.5 Å². The van der Waals surface area contributed by atoms with Gasteiger partial charge in [-0.2, -0.15) is 0 Å². The Kier molecular flexibility index (Phi) is 6.60. The second-order valence-electron chi connectivity index (χ2n) is 6.24. The maximum absolute atomic E-state index is 12.6. The second kappa shape index (κ2) is 8.89. The zero-order chi connectivity index (χ0) is 19.1. The average molecular weight is 354 g/mol. The zero-order valence-corrected chi connectivity index (χ0v) is 15.5. The van der Waals surface area contributed by atoms with Crippen LogP contribution in [0.25, 0.3) is 0 Å². The first-order chi connectivity index (χ1) is 12.4. The monoisotopic (exact) mass is 354 g/mol. The van der Waals surface area contributed by atoms with Gasteiger partial charge in [0.15, 0.2) is 0 Å². The molecule has 2 aromatic carbocycles. The van der Waals surface area contributed by atoms with Crippen LogP contribution in [0.3, 0.4) is 0 Å². The summed E-state index contributed by atoms with van der Waals surface area (Å²) in [5, 5.41) is 4.44. The molecule has 138 valence electrons. The topological polar surface area (TPSA) is 87.5 Å². The highest BCUT2D eigenvalue weighted by atomic mass is 16.2. The Morgan fingerprint density at radius 1 is 1.08 bits per heavy atom. The van der Waals surface area contributed by atoms with E-state index in [9.17, 15) is 9.59 Å². The summed E-state index contributed by atoms with van der Waals surface area (Å²) < 4.78 is 0. The van der Waals surface area contributed by atoms with E-state index in [4.69, 9.17) is 5.73 Å². The Bertz CT molecular complexity index is 759. The highest BCUT2D eigenvalue weighted by molar-refractivity contribution is 5.80. The average Bonchev–Trinajstić information content (AvgIpc) is 2.60. The van der Waals surface area contributed by atoms with Crippen molar-refractivity contribution >= 4 is 17.6 Å². The van der Waals surface area contributed by atoms with E-state index in [0.717, 1.165) is 22.4 Å². The van der Waals surface area contributed by atoms with Crippen molar-refractivity contribution in [1.29, 1.82) is 0 Å². The van der Waals surface area contributed by atoms with Gasteiger partial charge in [-0.15, -0.1) is 0 Å². The Labute approximate surface area is 154 Å². The number of aryl methyl sites for hydroxylation is 2. The first-order valence-corrected chi connectivity index (χ1v) is 8.66. The molecule has 0 aromatic heterocycles. The molecule has 1 atom stereocenters. The van der Waals surface area contributed by atoms with Crippen molar-refractivity contribution in [2.75, 3.05) is 11.6 Å². The lowest BCUT2D eigenvalue weighted by molar-refractivity contribution is -0.121. The SMILES string of the molecule is CCN(NC(=O)C[C@@H](NC(N)=O)c1ccccc1C)c1ccc(C)cc1. The number of anilines is 1. The minimum absolute atomic E-state index is 0.0934. The third-order valence-electron chi connectivity index (χ3n) is 4.19. The van der Waals surface area contributed by atoms with Gasteiger partial charge in [0.05, 0.1) is 18.2 Å². The zero-order valence-electron chi connectivity index (χ0n) is 15.5. The number of hydrogen-bond acceptors (Lipinski definition) is 3. The molecule has 6 nitrogen and oxygen atoms in total. The Balaban J connectivity index is 2.12. The number of benzene rings is 2. The van der Waals surface area contributed by atoms with E-state index in [2.05, 4.69) is 10.7 Å². The van der Waals surface area contributed by atoms with Gasteiger partial charge in [-0.25, -0.2) is 4.79 Å². The van der Waals surface area contributed by atoms with E-state index < -0.39 is 12.1 Å². The predicted molar refractivity (Wildman–Crippen MR) is 104 cm³/mol.